The first-order valence-corrected chi connectivity index (χ1v) is 6.45. The summed E-state index contributed by atoms with van der Waals surface area (Å²) in [6, 6.07) is 10.9. The summed E-state index contributed by atoms with van der Waals surface area (Å²) in [5.41, 5.74) is 0.123. The summed E-state index contributed by atoms with van der Waals surface area (Å²) in [5, 5.41) is 15.5. The van der Waals surface area contributed by atoms with E-state index in [2.05, 4.69) is 10.2 Å². The van der Waals surface area contributed by atoms with E-state index in [1.54, 1.807) is 0 Å². The van der Waals surface area contributed by atoms with Gasteiger partial charge in [0.15, 0.2) is 5.78 Å². The molecule has 0 aliphatic rings. The number of H-pyrrole nitrogens is 1. The molecule has 0 radical (unpaired) electrons. The number of aromatic amines is 1. The number of nitrogens with zero attached hydrogens (tertiary/aromatic N) is 1. The van der Waals surface area contributed by atoms with Crippen LogP contribution in [0, 0.1) is 0 Å². The predicted molar refractivity (Wildman–Crippen MR) is 70.7 cm³/mol. The second-order valence-corrected chi connectivity index (χ2v) is 4.96. The molecule has 1 aromatic heterocycles. The maximum Gasteiger partial charge on any atom is 0.372 e. The van der Waals surface area contributed by atoms with Crippen LogP contribution in [-0.2, 0) is 9.59 Å². The largest absolute Gasteiger partial charge is 0.475 e. The van der Waals surface area contributed by atoms with Crippen LogP contribution in [0.15, 0.2) is 46.3 Å². The maximum absolute atomic E-state index is 11.7. The summed E-state index contributed by atoms with van der Waals surface area (Å²) in [6.07, 6.45) is -0.674. The molecule has 0 saturated carbocycles. The number of carboxylic acid groups (broad SMARTS) is 1. The van der Waals surface area contributed by atoms with Crippen molar-refractivity contribution in [1.29, 1.82) is 0 Å². The summed E-state index contributed by atoms with van der Waals surface area (Å²) in [4.78, 5) is 34.0. The maximum atomic E-state index is 11.7. The summed E-state index contributed by atoms with van der Waals surface area (Å²) in [5.74, 6) is -3.34. The van der Waals surface area contributed by atoms with Gasteiger partial charge in [0.1, 0.15) is 10.7 Å². The van der Waals surface area contributed by atoms with E-state index in [0.29, 0.717) is 5.03 Å². The number of aromatic nitrogens is 2. The number of Topliss-reactive ketones (excluding diaryl/α,β-unsaturated/α-hetero) is 2. The van der Waals surface area contributed by atoms with Crippen molar-refractivity contribution < 1.29 is 19.5 Å². The third-order valence-corrected chi connectivity index (χ3v) is 3.31. The average molecular weight is 290 g/mol. The quantitative estimate of drug-likeness (QED) is 0.478. The Morgan fingerprint density at radius 3 is 2.55 bits per heavy atom. The number of carbonyl (C=O) groups is 3. The van der Waals surface area contributed by atoms with Gasteiger partial charge in [-0.15, -0.1) is 0 Å². The molecule has 0 aliphatic heterocycles. The number of ketones is 2. The van der Waals surface area contributed by atoms with Crippen LogP contribution in [0.2, 0.25) is 0 Å². The zero-order valence-electron chi connectivity index (χ0n) is 10.2. The molecule has 0 aliphatic carbocycles. The molecule has 0 bridgehead atoms. The molecule has 7 heteroatoms. The van der Waals surface area contributed by atoms with E-state index >= 15 is 0 Å². The van der Waals surface area contributed by atoms with Crippen LogP contribution < -0.4 is 0 Å². The number of carbonyl (C=O) groups excluding carboxylic acids is 2. The molecule has 102 valence electrons. The molecule has 0 fully saturated rings. The number of rotatable bonds is 6. The van der Waals surface area contributed by atoms with Crippen molar-refractivity contribution in [3.05, 3.63) is 42.1 Å². The van der Waals surface area contributed by atoms with Crippen LogP contribution in [0.5, 0.6) is 0 Å². The predicted octanol–water partition coefficient (Wildman–Crippen LogP) is 1.79. The standard InChI is InChI=1S/C13H10N2O4S/c16-10(7-11(17)13(18)19)9-6-12(15-14-9)20-8-4-2-1-3-5-8/h1-6H,7H2,(H,14,15)(H,18,19). The SMILES string of the molecule is O=C(O)C(=O)CC(=O)c1cc(Sc2ccccc2)n[nH]1. The molecule has 0 saturated heterocycles. The highest BCUT2D eigenvalue weighted by atomic mass is 32.2. The van der Waals surface area contributed by atoms with Crippen molar-refractivity contribution in [3.8, 4) is 0 Å². The normalized spacial score (nSPS) is 10.2. The van der Waals surface area contributed by atoms with Crippen LogP contribution in [0.1, 0.15) is 16.9 Å². The fourth-order valence-corrected chi connectivity index (χ4v) is 2.23. The van der Waals surface area contributed by atoms with Gasteiger partial charge in [0.25, 0.3) is 0 Å². The Balaban J connectivity index is 2.04. The lowest BCUT2D eigenvalue weighted by molar-refractivity contribution is -0.148. The smallest absolute Gasteiger partial charge is 0.372 e. The molecular weight excluding hydrogens is 280 g/mol. The highest BCUT2D eigenvalue weighted by Gasteiger charge is 2.19. The number of hydrogen-bond acceptors (Lipinski definition) is 5. The molecule has 0 amide bonds. The lowest BCUT2D eigenvalue weighted by atomic mass is 10.1. The number of carboxylic acids is 1. The Hall–Kier alpha value is -2.41. The van der Waals surface area contributed by atoms with Gasteiger partial charge in [-0.1, -0.05) is 30.0 Å². The van der Waals surface area contributed by atoms with Crippen LogP contribution in [-0.4, -0.2) is 32.8 Å². The Kier molecular flexibility index (Phi) is 4.31. The molecule has 0 atom stereocenters. The first-order chi connectivity index (χ1) is 9.56. The Morgan fingerprint density at radius 1 is 1.20 bits per heavy atom. The topological polar surface area (TPSA) is 100 Å². The van der Waals surface area contributed by atoms with Gasteiger partial charge in [-0.25, -0.2) is 4.79 Å². The van der Waals surface area contributed by atoms with Crippen molar-refractivity contribution in [2.24, 2.45) is 0 Å². The van der Waals surface area contributed by atoms with Crippen molar-refractivity contribution in [2.45, 2.75) is 16.3 Å². The molecule has 2 N–H and O–H groups in total. The average Bonchev–Trinajstić information content (AvgIpc) is 2.88. The van der Waals surface area contributed by atoms with E-state index < -0.39 is 24.0 Å². The lowest BCUT2D eigenvalue weighted by Crippen LogP contribution is -2.17. The molecule has 0 spiro atoms. The van der Waals surface area contributed by atoms with Crippen molar-refractivity contribution in [3.63, 3.8) is 0 Å². The van der Waals surface area contributed by atoms with Crippen LogP contribution in [0.3, 0.4) is 0 Å². The number of benzene rings is 1. The molecule has 2 rings (SSSR count). The minimum atomic E-state index is -1.61. The van der Waals surface area contributed by atoms with Gasteiger partial charge in [-0.05, 0) is 12.1 Å². The van der Waals surface area contributed by atoms with Crippen molar-refractivity contribution in [1.82, 2.24) is 10.2 Å². The van der Waals surface area contributed by atoms with E-state index in [9.17, 15) is 14.4 Å². The molecule has 0 unspecified atom stereocenters. The number of hydrogen-bond donors (Lipinski definition) is 2. The monoisotopic (exact) mass is 290 g/mol. The van der Waals surface area contributed by atoms with E-state index in [1.165, 1.54) is 17.8 Å². The van der Waals surface area contributed by atoms with Crippen LogP contribution >= 0.6 is 11.8 Å². The molecule has 6 nitrogen and oxygen atoms in total. The van der Waals surface area contributed by atoms with Crippen LogP contribution in [0.4, 0.5) is 0 Å². The summed E-state index contributed by atoms with van der Waals surface area (Å²) < 4.78 is 0. The van der Waals surface area contributed by atoms with E-state index in [0.717, 1.165) is 4.90 Å². The summed E-state index contributed by atoms with van der Waals surface area (Å²) in [7, 11) is 0. The van der Waals surface area contributed by atoms with Crippen LogP contribution in [0.25, 0.3) is 0 Å². The van der Waals surface area contributed by atoms with Crippen molar-refractivity contribution >= 4 is 29.3 Å². The van der Waals surface area contributed by atoms with Gasteiger partial charge in [0.2, 0.25) is 5.78 Å². The third kappa shape index (κ3) is 3.55. The fraction of sp³-hybridized carbons (Fsp3) is 0.0769. The van der Waals surface area contributed by atoms with Gasteiger partial charge in [0.05, 0.1) is 6.42 Å². The highest BCUT2D eigenvalue weighted by molar-refractivity contribution is 7.99. The van der Waals surface area contributed by atoms with E-state index in [-0.39, 0.29) is 5.69 Å². The van der Waals surface area contributed by atoms with Gasteiger partial charge in [-0.3, -0.25) is 14.7 Å². The lowest BCUT2D eigenvalue weighted by Gasteiger charge is -1.95. The first-order valence-electron chi connectivity index (χ1n) is 5.64. The zero-order chi connectivity index (χ0) is 14.5. The second-order valence-electron chi connectivity index (χ2n) is 3.86. The van der Waals surface area contributed by atoms with Gasteiger partial charge < -0.3 is 5.11 Å². The van der Waals surface area contributed by atoms with Crippen molar-refractivity contribution in [2.75, 3.05) is 0 Å². The molecule has 1 aromatic carbocycles. The van der Waals surface area contributed by atoms with E-state index in [4.69, 9.17) is 5.11 Å². The number of aliphatic carboxylic acids is 1. The first kappa shape index (κ1) is 14.0. The minimum absolute atomic E-state index is 0.123. The zero-order valence-corrected chi connectivity index (χ0v) is 11.0. The molecule has 1 heterocycles. The summed E-state index contributed by atoms with van der Waals surface area (Å²) in [6.45, 7) is 0. The Labute approximate surface area is 118 Å². The Bertz CT molecular complexity index is 651. The second kappa shape index (κ2) is 6.16. The number of nitrogens with one attached hydrogen (secondary N) is 1. The van der Waals surface area contributed by atoms with Gasteiger partial charge in [0, 0.05) is 11.0 Å². The molecule has 20 heavy (non-hydrogen) atoms. The highest BCUT2D eigenvalue weighted by Crippen LogP contribution is 2.26. The Morgan fingerprint density at radius 2 is 1.90 bits per heavy atom. The third-order valence-electron chi connectivity index (χ3n) is 2.38. The van der Waals surface area contributed by atoms with E-state index in [1.807, 2.05) is 30.3 Å². The fourth-order valence-electron chi connectivity index (χ4n) is 1.42. The minimum Gasteiger partial charge on any atom is -0.475 e. The summed E-state index contributed by atoms with van der Waals surface area (Å²) >= 11 is 1.36. The van der Waals surface area contributed by atoms with Gasteiger partial charge >= 0.3 is 5.97 Å². The van der Waals surface area contributed by atoms with Gasteiger partial charge in [-0.2, -0.15) is 5.10 Å². The molecular formula is C13H10N2O4S. The molecule has 2 aromatic rings.